The van der Waals surface area contributed by atoms with Gasteiger partial charge in [0.25, 0.3) is 10.0 Å². The lowest BCUT2D eigenvalue weighted by molar-refractivity contribution is 0.466. The molecule has 0 aliphatic heterocycles. The van der Waals surface area contributed by atoms with E-state index >= 15 is 0 Å². The second-order valence-corrected chi connectivity index (χ2v) is 6.11. The van der Waals surface area contributed by atoms with Gasteiger partial charge in [-0.05, 0) is 12.1 Å². The third kappa shape index (κ3) is 2.42. The van der Waals surface area contributed by atoms with Gasteiger partial charge in [0, 0.05) is 6.54 Å². The molecule has 0 spiro atoms. The van der Waals surface area contributed by atoms with Crippen molar-refractivity contribution in [2.45, 2.75) is 11.1 Å². The van der Waals surface area contributed by atoms with Crippen molar-refractivity contribution < 1.29 is 8.42 Å². The Labute approximate surface area is 99.2 Å². The van der Waals surface area contributed by atoms with Gasteiger partial charge < -0.3 is 0 Å². The normalized spacial score (nSPS) is 11.0. The van der Waals surface area contributed by atoms with Gasteiger partial charge in [0.15, 0.2) is 0 Å². The smallest absolute Gasteiger partial charge is 0.206 e. The zero-order valence-electron chi connectivity index (χ0n) is 8.67. The summed E-state index contributed by atoms with van der Waals surface area (Å²) in [5.74, 6) is 2.30. The summed E-state index contributed by atoms with van der Waals surface area (Å²) in [5.41, 5.74) is 0. The molecule has 1 aromatic rings. The summed E-state index contributed by atoms with van der Waals surface area (Å²) in [7, 11) is -3.54. The molecule has 0 saturated carbocycles. The molecule has 0 N–H and O–H groups in total. The molecule has 0 unspecified atom stereocenters. The zero-order valence-corrected chi connectivity index (χ0v) is 10.3. The summed E-state index contributed by atoms with van der Waals surface area (Å²) in [4.78, 5) is 0.371. The summed E-state index contributed by atoms with van der Waals surface area (Å²) < 4.78 is 25.4. The summed E-state index contributed by atoms with van der Waals surface area (Å²) >= 11 is 0.950. The summed E-state index contributed by atoms with van der Waals surface area (Å²) in [6.45, 7) is 2.07. The highest BCUT2D eigenvalue weighted by atomic mass is 32.2. The Balaban J connectivity index is 3.11. The van der Waals surface area contributed by atoms with Crippen molar-refractivity contribution in [2.24, 2.45) is 0 Å². The van der Waals surface area contributed by atoms with Gasteiger partial charge in [0.1, 0.15) is 15.2 Å². The molecule has 1 heterocycles. The van der Waals surface area contributed by atoms with Crippen molar-refractivity contribution in [3.05, 3.63) is 17.0 Å². The Bertz CT molecular complexity index is 546. The van der Waals surface area contributed by atoms with Crippen LogP contribution in [0.4, 0.5) is 0 Å². The largest absolute Gasteiger partial charge is 0.253 e. The molecule has 0 bridgehead atoms. The van der Waals surface area contributed by atoms with Crippen molar-refractivity contribution in [1.29, 1.82) is 5.26 Å². The summed E-state index contributed by atoms with van der Waals surface area (Å²) in [6.07, 6.45) is 5.11. The minimum absolute atomic E-state index is 0.0403. The SMILES string of the molecule is C#CCN(CC)S(=O)(=O)c1ccc(C#N)s1. The van der Waals surface area contributed by atoms with Crippen molar-refractivity contribution in [1.82, 2.24) is 4.31 Å². The molecule has 0 radical (unpaired) electrons. The maximum atomic E-state index is 12.0. The molecule has 0 fully saturated rings. The number of nitrogens with zero attached hydrogens (tertiary/aromatic N) is 2. The predicted octanol–water partition coefficient (Wildman–Crippen LogP) is 1.26. The maximum Gasteiger partial charge on any atom is 0.253 e. The van der Waals surface area contributed by atoms with E-state index in [9.17, 15) is 8.42 Å². The van der Waals surface area contributed by atoms with E-state index in [2.05, 4.69) is 5.92 Å². The number of thiophene rings is 1. The average molecular weight is 254 g/mol. The van der Waals surface area contributed by atoms with Crippen LogP contribution in [0.15, 0.2) is 16.3 Å². The quantitative estimate of drug-likeness (QED) is 0.760. The van der Waals surface area contributed by atoms with Crippen LogP contribution >= 0.6 is 11.3 Å². The fourth-order valence-electron chi connectivity index (χ4n) is 1.11. The molecule has 0 aliphatic carbocycles. The molecule has 0 atom stereocenters. The van der Waals surface area contributed by atoms with Gasteiger partial charge in [-0.3, -0.25) is 0 Å². The van der Waals surface area contributed by atoms with E-state index in [1.54, 1.807) is 6.92 Å². The highest BCUT2D eigenvalue weighted by Gasteiger charge is 2.24. The first-order chi connectivity index (χ1) is 7.56. The fourth-order valence-corrected chi connectivity index (χ4v) is 3.73. The molecule has 4 nitrogen and oxygen atoms in total. The number of rotatable bonds is 4. The number of terminal acetylenes is 1. The molecular formula is C10H10N2O2S2. The zero-order chi connectivity index (χ0) is 12.2. The lowest BCUT2D eigenvalue weighted by Gasteiger charge is -2.16. The van der Waals surface area contributed by atoms with E-state index in [1.165, 1.54) is 16.4 Å². The topological polar surface area (TPSA) is 61.2 Å². The maximum absolute atomic E-state index is 12.0. The van der Waals surface area contributed by atoms with Crippen molar-refractivity contribution in [3.8, 4) is 18.4 Å². The van der Waals surface area contributed by atoms with E-state index in [4.69, 9.17) is 11.7 Å². The lowest BCUT2D eigenvalue weighted by Crippen LogP contribution is -2.30. The van der Waals surface area contributed by atoms with Gasteiger partial charge >= 0.3 is 0 Å². The first-order valence-electron chi connectivity index (χ1n) is 4.49. The van der Waals surface area contributed by atoms with Gasteiger partial charge in [0.05, 0.1) is 6.54 Å². The van der Waals surface area contributed by atoms with Gasteiger partial charge in [0.2, 0.25) is 0 Å². The highest BCUT2D eigenvalue weighted by molar-refractivity contribution is 7.91. The van der Waals surface area contributed by atoms with Crippen molar-refractivity contribution in [3.63, 3.8) is 0 Å². The second kappa shape index (κ2) is 5.13. The van der Waals surface area contributed by atoms with E-state index < -0.39 is 10.0 Å². The Morgan fingerprint density at radius 2 is 2.25 bits per heavy atom. The number of nitriles is 1. The molecule has 0 aromatic carbocycles. The van der Waals surface area contributed by atoms with E-state index in [0.29, 0.717) is 11.4 Å². The Hall–Kier alpha value is -1.34. The highest BCUT2D eigenvalue weighted by Crippen LogP contribution is 2.24. The molecule has 1 aromatic heterocycles. The molecule has 0 amide bonds. The van der Waals surface area contributed by atoms with E-state index in [-0.39, 0.29) is 10.8 Å². The standard InChI is InChI=1S/C10H10N2O2S2/c1-3-7-12(4-2)16(13,14)10-6-5-9(8-11)15-10/h1,5-6H,4,7H2,2H3. The lowest BCUT2D eigenvalue weighted by atomic mass is 10.5. The fraction of sp³-hybridized carbons (Fsp3) is 0.300. The number of hydrogen-bond donors (Lipinski definition) is 0. The Kier molecular flexibility index (Phi) is 4.08. The minimum Gasteiger partial charge on any atom is -0.206 e. The number of sulfonamides is 1. The second-order valence-electron chi connectivity index (χ2n) is 2.87. The van der Waals surface area contributed by atoms with Crippen LogP contribution < -0.4 is 0 Å². The van der Waals surface area contributed by atoms with Gasteiger partial charge in [-0.25, -0.2) is 8.42 Å². The third-order valence-corrected chi connectivity index (χ3v) is 5.28. The molecule has 0 saturated heterocycles. The van der Waals surface area contributed by atoms with Gasteiger partial charge in [-0.15, -0.1) is 17.8 Å². The first-order valence-corrected chi connectivity index (χ1v) is 6.75. The third-order valence-electron chi connectivity index (χ3n) is 1.91. The molecule has 0 aliphatic rings. The van der Waals surface area contributed by atoms with Crippen LogP contribution in [-0.4, -0.2) is 25.8 Å². The monoisotopic (exact) mass is 254 g/mol. The van der Waals surface area contributed by atoms with Crippen LogP contribution in [0.3, 0.4) is 0 Å². The van der Waals surface area contributed by atoms with Crippen LogP contribution in [-0.2, 0) is 10.0 Å². The van der Waals surface area contributed by atoms with Gasteiger partial charge in [-0.2, -0.15) is 9.57 Å². The van der Waals surface area contributed by atoms with Crippen LogP contribution in [0.25, 0.3) is 0 Å². The molecule has 6 heteroatoms. The van der Waals surface area contributed by atoms with Crippen molar-refractivity contribution >= 4 is 21.4 Å². The number of hydrogen-bond acceptors (Lipinski definition) is 4. The van der Waals surface area contributed by atoms with Crippen LogP contribution in [0.5, 0.6) is 0 Å². The summed E-state index contributed by atoms with van der Waals surface area (Å²) in [5, 5.41) is 8.64. The van der Waals surface area contributed by atoms with E-state index in [1.807, 2.05) is 6.07 Å². The van der Waals surface area contributed by atoms with E-state index in [0.717, 1.165) is 11.3 Å². The van der Waals surface area contributed by atoms with Crippen LogP contribution in [0, 0.1) is 23.7 Å². The molecule has 16 heavy (non-hydrogen) atoms. The molecule has 84 valence electrons. The molecule has 1 rings (SSSR count). The minimum atomic E-state index is -3.54. The summed E-state index contributed by atoms with van der Waals surface area (Å²) in [6, 6.07) is 4.82. The Morgan fingerprint density at radius 1 is 1.56 bits per heavy atom. The van der Waals surface area contributed by atoms with Crippen LogP contribution in [0.2, 0.25) is 0 Å². The predicted molar refractivity (Wildman–Crippen MR) is 62.3 cm³/mol. The van der Waals surface area contributed by atoms with Crippen molar-refractivity contribution in [2.75, 3.05) is 13.1 Å². The van der Waals surface area contributed by atoms with Gasteiger partial charge in [-0.1, -0.05) is 12.8 Å². The Morgan fingerprint density at radius 3 is 2.69 bits per heavy atom. The molecular weight excluding hydrogens is 244 g/mol. The average Bonchev–Trinajstić information content (AvgIpc) is 2.74. The first kappa shape index (κ1) is 12.7. The van der Waals surface area contributed by atoms with Crippen LogP contribution in [0.1, 0.15) is 11.8 Å².